The van der Waals surface area contributed by atoms with Gasteiger partial charge < -0.3 is 0 Å². The Labute approximate surface area is 157 Å². The summed E-state index contributed by atoms with van der Waals surface area (Å²) in [7, 11) is -0.955. The fourth-order valence-corrected chi connectivity index (χ4v) is 8.38. The summed E-state index contributed by atoms with van der Waals surface area (Å²) >= 11 is 0. The van der Waals surface area contributed by atoms with Crippen LogP contribution in [0.25, 0.3) is 17.0 Å². The molecule has 1 fully saturated rings. The normalized spacial score (nSPS) is 23.8. The van der Waals surface area contributed by atoms with Crippen LogP contribution in [-0.4, -0.2) is 8.07 Å². The molecule has 0 bridgehead atoms. The molecule has 3 rings (SSSR count). The summed E-state index contributed by atoms with van der Waals surface area (Å²) in [5, 5.41) is 0. The fraction of sp³-hybridized carbons (Fsp3) is 0.391. The van der Waals surface area contributed by atoms with Crippen LogP contribution in [0, 0.1) is 0 Å². The summed E-state index contributed by atoms with van der Waals surface area (Å²) in [4.78, 5) is 0. The Hall–Kier alpha value is -1.74. The standard InChI is InChI=1S/C23H28F2Si/c1-3-14-26(2)15-12-21(13-16-26)20-6-4-18(5-7-20)19-8-10-22(11-9-19)23(25)17-24/h4-11,17,21H,3,12-16H2,1-2H3. The highest BCUT2D eigenvalue weighted by Crippen LogP contribution is 2.41. The van der Waals surface area contributed by atoms with Crippen molar-refractivity contribution in [3.63, 3.8) is 0 Å². The van der Waals surface area contributed by atoms with Crippen molar-refractivity contribution in [2.24, 2.45) is 0 Å². The molecule has 0 unspecified atom stereocenters. The molecule has 0 N–H and O–H groups in total. The molecular weight excluding hydrogens is 342 g/mol. The Morgan fingerprint density at radius 2 is 1.54 bits per heavy atom. The van der Waals surface area contributed by atoms with Crippen LogP contribution >= 0.6 is 0 Å². The van der Waals surface area contributed by atoms with Gasteiger partial charge in [-0.2, -0.15) is 0 Å². The van der Waals surface area contributed by atoms with Gasteiger partial charge in [0.2, 0.25) is 0 Å². The SMILES string of the molecule is CCC[Si]1(C)CCC(c2ccc(-c3ccc(C(F)=CF)cc3)cc2)CC1. The van der Waals surface area contributed by atoms with E-state index in [1.54, 1.807) is 12.1 Å². The summed E-state index contributed by atoms with van der Waals surface area (Å²) in [5.74, 6) is -0.129. The van der Waals surface area contributed by atoms with Crippen molar-refractivity contribution in [2.45, 2.75) is 56.8 Å². The van der Waals surface area contributed by atoms with Gasteiger partial charge in [-0.3, -0.25) is 0 Å². The molecule has 0 amide bonds. The summed E-state index contributed by atoms with van der Waals surface area (Å²) in [6, 6.07) is 20.1. The predicted molar refractivity (Wildman–Crippen MR) is 110 cm³/mol. The summed E-state index contributed by atoms with van der Waals surface area (Å²) in [5.41, 5.74) is 3.86. The highest BCUT2D eigenvalue weighted by Gasteiger charge is 2.32. The van der Waals surface area contributed by atoms with Crippen LogP contribution in [0.4, 0.5) is 8.78 Å². The Kier molecular flexibility index (Phi) is 6.07. The average molecular weight is 371 g/mol. The average Bonchev–Trinajstić information content (AvgIpc) is 2.68. The zero-order valence-electron chi connectivity index (χ0n) is 15.8. The number of benzene rings is 2. The topological polar surface area (TPSA) is 0 Å². The maximum atomic E-state index is 13.2. The van der Waals surface area contributed by atoms with E-state index in [9.17, 15) is 8.78 Å². The van der Waals surface area contributed by atoms with E-state index in [4.69, 9.17) is 0 Å². The Morgan fingerprint density at radius 1 is 1.00 bits per heavy atom. The maximum Gasteiger partial charge on any atom is 0.158 e. The predicted octanol–water partition coefficient (Wildman–Crippen LogP) is 7.96. The molecule has 0 aliphatic carbocycles. The molecule has 1 saturated heterocycles. The van der Waals surface area contributed by atoms with Crippen molar-refractivity contribution in [3.8, 4) is 11.1 Å². The molecule has 1 aliphatic rings. The van der Waals surface area contributed by atoms with Gasteiger partial charge in [0.1, 0.15) is 6.33 Å². The molecule has 0 aromatic heterocycles. The molecule has 0 atom stereocenters. The smallest absolute Gasteiger partial charge is 0.158 e. The van der Waals surface area contributed by atoms with Crippen LogP contribution in [0.2, 0.25) is 24.7 Å². The second kappa shape index (κ2) is 8.30. The molecule has 1 heterocycles. The molecule has 0 saturated carbocycles. The highest BCUT2D eigenvalue weighted by molar-refractivity contribution is 6.78. The van der Waals surface area contributed by atoms with Crippen LogP contribution in [0.1, 0.15) is 43.2 Å². The summed E-state index contributed by atoms with van der Waals surface area (Å²) < 4.78 is 25.5. The molecule has 3 heteroatoms. The van der Waals surface area contributed by atoms with Crippen LogP contribution in [-0.2, 0) is 0 Å². The summed E-state index contributed by atoms with van der Waals surface area (Å²) in [6.45, 7) is 4.90. The molecule has 2 aromatic carbocycles. The minimum Gasteiger partial charge on any atom is -0.212 e. The van der Waals surface area contributed by atoms with Gasteiger partial charge in [0.15, 0.2) is 5.83 Å². The minimum absolute atomic E-state index is 0.00231. The largest absolute Gasteiger partial charge is 0.212 e. The van der Waals surface area contributed by atoms with Gasteiger partial charge >= 0.3 is 0 Å². The molecule has 0 radical (unpaired) electrons. The Morgan fingerprint density at radius 3 is 2.04 bits per heavy atom. The second-order valence-electron chi connectivity index (χ2n) is 7.99. The molecule has 26 heavy (non-hydrogen) atoms. The Bertz CT molecular complexity index is 739. The Balaban J connectivity index is 1.67. The monoisotopic (exact) mass is 370 g/mol. The third kappa shape index (κ3) is 4.32. The van der Waals surface area contributed by atoms with Crippen LogP contribution < -0.4 is 0 Å². The molecule has 0 spiro atoms. The van der Waals surface area contributed by atoms with Crippen molar-refractivity contribution in [3.05, 3.63) is 66.0 Å². The van der Waals surface area contributed by atoms with E-state index >= 15 is 0 Å². The van der Waals surface area contributed by atoms with Crippen molar-refractivity contribution in [2.75, 3.05) is 0 Å². The minimum atomic E-state index is -0.955. The van der Waals surface area contributed by atoms with E-state index in [0.29, 0.717) is 5.92 Å². The number of halogens is 2. The van der Waals surface area contributed by atoms with E-state index in [1.165, 1.54) is 43.0 Å². The van der Waals surface area contributed by atoms with E-state index < -0.39 is 13.9 Å². The van der Waals surface area contributed by atoms with Crippen molar-refractivity contribution in [1.82, 2.24) is 0 Å². The van der Waals surface area contributed by atoms with Crippen molar-refractivity contribution in [1.29, 1.82) is 0 Å². The van der Waals surface area contributed by atoms with Gasteiger partial charge in [0, 0.05) is 5.56 Å². The van der Waals surface area contributed by atoms with Gasteiger partial charge in [-0.05, 0) is 35.4 Å². The zero-order valence-corrected chi connectivity index (χ0v) is 16.8. The van der Waals surface area contributed by atoms with Crippen LogP contribution in [0.15, 0.2) is 54.9 Å². The molecule has 2 aromatic rings. The van der Waals surface area contributed by atoms with Crippen LogP contribution in [0.5, 0.6) is 0 Å². The second-order valence-corrected chi connectivity index (χ2v) is 13.1. The van der Waals surface area contributed by atoms with Gasteiger partial charge in [-0.15, -0.1) is 0 Å². The highest BCUT2D eigenvalue weighted by atomic mass is 28.3. The lowest BCUT2D eigenvalue weighted by Crippen LogP contribution is -2.33. The van der Waals surface area contributed by atoms with Crippen molar-refractivity contribution < 1.29 is 8.78 Å². The van der Waals surface area contributed by atoms with Gasteiger partial charge in [-0.1, -0.05) is 86.6 Å². The lowest BCUT2D eigenvalue weighted by atomic mass is 9.92. The molecule has 0 nitrogen and oxygen atoms in total. The zero-order chi connectivity index (χ0) is 18.6. The lowest BCUT2D eigenvalue weighted by Gasteiger charge is -2.36. The fourth-order valence-electron chi connectivity index (χ4n) is 4.33. The summed E-state index contributed by atoms with van der Waals surface area (Å²) in [6.07, 6.45) is 4.02. The first-order valence-corrected chi connectivity index (χ1v) is 12.8. The van der Waals surface area contributed by atoms with Crippen molar-refractivity contribution >= 4 is 13.9 Å². The molecule has 1 aliphatic heterocycles. The van der Waals surface area contributed by atoms with E-state index in [1.807, 2.05) is 12.1 Å². The van der Waals surface area contributed by atoms with E-state index in [2.05, 4.69) is 37.7 Å². The lowest BCUT2D eigenvalue weighted by molar-refractivity contribution is 0.597. The van der Waals surface area contributed by atoms with Crippen LogP contribution in [0.3, 0.4) is 0 Å². The number of hydrogen-bond donors (Lipinski definition) is 0. The first kappa shape index (κ1) is 19.0. The quantitative estimate of drug-likeness (QED) is 0.468. The van der Waals surface area contributed by atoms with E-state index in [0.717, 1.165) is 11.1 Å². The first-order chi connectivity index (χ1) is 12.5. The third-order valence-electron chi connectivity index (χ3n) is 6.02. The van der Waals surface area contributed by atoms with E-state index in [-0.39, 0.29) is 11.9 Å². The third-order valence-corrected chi connectivity index (χ3v) is 10.7. The van der Waals surface area contributed by atoms with Gasteiger partial charge in [0.05, 0.1) is 8.07 Å². The number of rotatable bonds is 5. The maximum absolute atomic E-state index is 13.2. The molecule has 138 valence electrons. The first-order valence-electron chi connectivity index (χ1n) is 9.71. The number of hydrogen-bond acceptors (Lipinski definition) is 0. The van der Waals surface area contributed by atoms with Gasteiger partial charge in [-0.25, -0.2) is 8.78 Å². The van der Waals surface area contributed by atoms with Gasteiger partial charge in [0.25, 0.3) is 0 Å². The molecular formula is C23H28F2Si.